The Kier molecular flexibility index (Phi) is 1.14. The third-order valence-corrected chi connectivity index (χ3v) is 1.47. The van der Waals surface area contributed by atoms with E-state index in [0.29, 0.717) is 0 Å². The van der Waals surface area contributed by atoms with Gasteiger partial charge in [0.05, 0.1) is 0 Å². The molecule has 0 saturated carbocycles. The van der Waals surface area contributed by atoms with Crippen LogP contribution in [0.5, 0.6) is 0 Å². The van der Waals surface area contributed by atoms with Gasteiger partial charge in [-0.2, -0.15) is 6.07 Å². The minimum absolute atomic E-state index is 0.935. The van der Waals surface area contributed by atoms with Gasteiger partial charge in [0, 0.05) is 0 Å². The standard InChI is InChI=1S/C9H7O/c1-2-5-8(4-1)9-6-3-7-10-9/h1-7H/q-1. The third-order valence-electron chi connectivity index (χ3n) is 1.47. The second-order valence-corrected chi connectivity index (χ2v) is 2.15. The first-order valence-corrected chi connectivity index (χ1v) is 3.22. The van der Waals surface area contributed by atoms with Gasteiger partial charge >= 0.3 is 0 Å². The Bertz CT molecular complexity index is 244. The van der Waals surface area contributed by atoms with E-state index in [1.165, 1.54) is 0 Å². The Morgan fingerprint density at radius 2 is 2.50 bits per heavy atom. The maximum Gasteiger partial charge on any atom is 0.227 e. The maximum absolute atomic E-state index is 5.18. The molecule has 10 heavy (non-hydrogen) atoms. The summed E-state index contributed by atoms with van der Waals surface area (Å²) >= 11 is 0. The van der Waals surface area contributed by atoms with Crippen molar-refractivity contribution in [3.63, 3.8) is 0 Å². The third kappa shape index (κ3) is 0.760. The van der Waals surface area contributed by atoms with Gasteiger partial charge in [-0.3, -0.25) is 0 Å². The number of rotatable bonds is 1. The Morgan fingerprint density at radius 1 is 1.50 bits per heavy atom. The molecule has 0 saturated heterocycles. The van der Waals surface area contributed by atoms with E-state index in [0.717, 1.165) is 11.3 Å². The highest BCUT2D eigenvalue weighted by Gasteiger charge is 1.94. The van der Waals surface area contributed by atoms with Crippen LogP contribution in [0, 0.1) is 0 Å². The summed E-state index contributed by atoms with van der Waals surface area (Å²) in [5, 5.41) is 0. The van der Waals surface area contributed by atoms with Crippen molar-refractivity contribution in [2.75, 3.05) is 0 Å². The molecule has 0 N–H and O–H groups in total. The molecule has 0 unspecified atom stereocenters. The van der Waals surface area contributed by atoms with Crippen LogP contribution in [-0.4, -0.2) is 0 Å². The summed E-state index contributed by atoms with van der Waals surface area (Å²) in [6.45, 7) is 0. The predicted molar refractivity (Wildman–Crippen MR) is 39.7 cm³/mol. The zero-order chi connectivity index (χ0) is 6.81. The lowest BCUT2D eigenvalue weighted by molar-refractivity contribution is 0.582. The van der Waals surface area contributed by atoms with E-state index in [4.69, 9.17) is 4.42 Å². The maximum atomic E-state index is 5.18. The van der Waals surface area contributed by atoms with Crippen LogP contribution < -0.4 is 0 Å². The summed E-state index contributed by atoms with van der Waals surface area (Å²) in [5.41, 5.74) is 1.14. The van der Waals surface area contributed by atoms with Crippen LogP contribution in [0.3, 0.4) is 0 Å². The molecule has 0 aliphatic carbocycles. The van der Waals surface area contributed by atoms with Gasteiger partial charge in [-0.05, 0) is 12.1 Å². The molecule has 1 aromatic heterocycles. The van der Waals surface area contributed by atoms with Crippen LogP contribution >= 0.6 is 0 Å². The molecule has 0 radical (unpaired) electrons. The van der Waals surface area contributed by atoms with Crippen molar-refractivity contribution in [3.8, 4) is 11.3 Å². The molecule has 0 amide bonds. The minimum atomic E-state index is 0.935. The van der Waals surface area contributed by atoms with Gasteiger partial charge in [-0.25, -0.2) is 18.2 Å². The van der Waals surface area contributed by atoms with Crippen molar-refractivity contribution in [1.29, 1.82) is 0 Å². The van der Waals surface area contributed by atoms with E-state index < -0.39 is 0 Å². The zero-order valence-electron chi connectivity index (χ0n) is 5.45. The van der Waals surface area contributed by atoms with Crippen molar-refractivity contribution in [2.45, 2.75) is 0 Å². The highest BCUT2D eigenvalue weighted by Crippen LogP contribution is 2.18. The van der Waals surface area contributed by atoms with Crippen molar-refractivity contribution in [3.05, 3.63) is 42.7 Å². The highest BCUT2D eigenvalue weighted by atomic mass is 16.3. The molecular weight excluding hydrogens is 124 g/mol. The zero-order valence-corrected chi connectivity index (χ0v) is 5.45. The van der Waals surface area contributed by atoms with Crippen molar-refractivity contribution >= 4 is 0 Å². The van der Waals surface area contributed by atoms with Gasteiger partial charge in [-0.1, -0.05) is 0 Å². The second-order valence-electron chi connectivity index (χ2n) is 2.15. The Hall–Kier alpha value is -1.37. The van der Waals surface area contributed by atoms with E-state index in [1.807, 2.05) is 36.4 Å². The van der Waals surface area contributed by atoms with E-state index in [-0.39, 0.29) is 0 Å². The van der Waals surface area contributed by atoms with E-state index >= 15 is 0 Å². The van der Waals surface area contributed by atoms with Crippen LogP contribution in [-0.2, 0) is 0 Å². The largest absolute Gasteiger partial charge is 0.308 e. The number of hydrogen-bond acceptors (Lipinski definition) is 0. The van der Waals surface area contributed by atoms with E-state index in [2.05, 4.69) is 0 Å². The first-order valence-electron chi connectivity index (χ1n) is 3.22. The molecule has 0 bridgehead atoms. The van der Waals surface area contributed by atoms with E-state index in [9.17, 15) is 0 Å². The van der Waals surface area contributed by atoms with Crippen molar-refractivity contribution in [1.82, 2.24) is 0 Å². The summed E-state index contributed by atoms with van der Waals surface area (Å²) in [5.74, 6) is 0.935. The van der Waals surface area contributed by atoms with Crippen LogP contribution in [0.25, 0.3) is 11.3 Å². The Labute approximate surface area is 59.3 Å². The lowest BCUT2D eigenvalue weighted by atomic mass is 10.3. The lowest BCUT2D eigenvalue weighted by Gasteiger charge is -1.90. The van der Waals surface area contributed by atoms with Gasteiger partial charge < -0.3 is 4.42 Å². The smallest absolute Gasteiger partial charge is 0.227 e. The SMILES string of the molecule is c1c[o+][c-](-c2cc[cH-]c2)c1. The van der Waals surface area contributed by atoms with Crippen LogP contribution in [0.4, 0.5) is 0 Å². The summed E-state index contributed by atoms with van der Waals surface area (Å²) in [6.07, 6.45) is 1.68. The molecule has 1 heterocycles. The second kappa shape index (κ2) is 2.10. The fourth-order valence-electron chi connectivity index (χ4n) is 0.981. The van der Waals surface area contributed by atoms with Gasteiger partial charge in [0.25, 0.3) is 0 Å². The summed E-state index contributed by atoms with van der Waals surface area (Å²) in [6, 6.07) is 11.9. The predicted octanol–water partition coefficient (Wildman–Crippen LogP) is 2.67. The lowest BCUT2D eigenvalue weighted by Crippen LogP contribution is -1.61. The molecule has 50 valence electrons. The van der Waals surface area contributed by atoms with Crippen molar-refractivity contribution in [2.24, 2.45) is 0 Å². The normalized spacial score (nSPS) is 10.0. The van der Waals surface area contributed by atoms with Gasteiger partial charge in [0.1, 0.15) is 0 Å². The fraction of sp³-hybridized carbons (Fsp3) is 0. The molecule has 1 heteroatoms. The highest BCUT2D eigenvalue weighted by molar-refractivity contribution is 5.57. The summed E-state index contributed by atoms with van der Waals surface area (Å²) < 4.78 is 5.18. The minimum Gasteiger partial charge on any atom is -0.308 e. The molecule has 2 aromatic rings. The Balaban J connectivity index is 2.48. The monoisotopic (exact) mass is 131 g/mol. The molecule has 0 spiro atoms. The molecule has 0 aliphatic heterocycles. The summed E-state index contributed by atoms with van der Waals surface area (Å²) in [4.78, 5) is 0. The molecule has 2 rings (SSSR count). The average molecular weight is 131 g/mol. The first kappa shape index (κ1) is 5.42. The first-order chi connectivity index (χ1) is 4.97. The fourth-order valence-corrected chi connectivity index (χ4v) is 0.981. The molecule has 1 aromatic carbocycles. The van der Waals surface area contributed by atoms with Gasteiger partial charge in [0.15, 0.2) is 0 Å². The Morgan fingerprint density at radius 3 is 3.10 bits per heavy atom. The topological polar surface area (TPSA) is 11.3 Å². The van der Waals surface area contributed by atoms with Gasteiger partial charge in [0.2, 0.25) is 12.0 Å². The van der Waals surface area contributed by atoms with Crippen LogP contribution in [0.1, 0.15) is 0 Å². The number of hydrogen-bond donors (Lipinski definition) is 0. The van der Waals surface area contributed by atoms with Crippen LogP contribution in [0.2, 0.25) is 0 Å². The number of furan rings is 1. The van der Waals surface area contributed by atoms with E-state index in [1.54, 1.807) is 6.26 Å². The molecule has 0 aliphatic rings. The van der Waals surface area contributed by atoms with Gasteiger partial charge in [-0.15, -0.1) is 5.56 Å². The molecule has 1 nitrogen and oxygen atoms in total. The average Bonchev–Trinajstić information content (AvgIpc) is 2.59. The summed E-state index contributed by atoms with van der Waals surface area (Å²) in [7, 11) is 0. The molecule has 0 fully saturated rings. The van der Waals surface area contributed by atoms with Crippen LogP contribution in [0.15, 0.2) is 47.1 Å². The quantitative estimate of drug-likeness (QED) is 0.427. The molecular formula is C9H7O-. The van der Waals surface area contributed by atoms with Crippen molar-refractivity contribution < 1.29 is 4.42 Å². The molecule has 0 atom stereocenters.